The lowest BCUT2D eigenvalue weighted by Gasteiger charge is -2.22. The van der Waals surface area contributed by atoms with Crippen LogP contribution >= 0.6 is 11.6 Å². The first-order valence-electron chi connectivity index (χ1n) is 7.47. The Bertz CT molecular complexity index is 414. The van der Waals surface area contributed by atoms with E-state index >= 15 is 0 Å². The second-order valence-corrected chi connectivity index (χ2v) is 5.89. The summed E-state index contributed by atoms with van der Waals surface area (Å²) >= 11 is 5.88. The minimum atomic E-state index is 0.0240. The third-order valence-electron chi connectivity index (χ3n) is 3.86. The first-order valence-corrected chi connectivity index (χ1v) is 7.85. The molecule has 0 spiro atoms. The van der Waals surface area contributed by atoms with Gasteiger partial charge in [0.1, 0.15) is 6.10 Å². The van der Waals surface area contributed by atoms with Gasteiger partial charge in [-0.15, -0.1) is 0 Å². The SMILES string of the molecule is Clc1ccc(C2OC2CCCOC2CCCCO2)cc1. The molecule has 2 aliphatic rings. The summed E-state index contributed by atoms with van der Waals surface area (Å²) in [6.07, 6.45) is 6.09. The highest BCUT2D eigenvalue weighted by atomic mass is 35.5. The lowest BCUT2D eigenvalue weighted by Crippen LogP contribution is -2.22. The normalized spacial score (nSPS) is 29.4. The molecule has 0 aromatic heterocycles. The molecule has 0 bridgehead atoms. The van der Waals surface area contributed by atoms with Gasteiger partial charge in [0.05, 0.1) is 6.10 Å². The molecule has 2 heterocycles. The maximum atomic E-state index is 5.88. The van der Waals surface area contributed by atoms with Gasteiger partial charge in [-0.3, -0.25) is 0 Å². The molecule has 3 atom stereocenters. The predicted molar refractivity (Wildman–Crippen MR) is 77.8 cm³/mol. The second-order valence-electron chi connectivity index (χ2n) is 5.46. The maximum absolute atomic E-state index is 5.88. The highest BCUT2D eigenvalue weighted by Crippen LogP contribution is 2.41. The van der Waals surface area contributed by atoms with Crippen LogP contribution in [0, 0.1) is 0 Å². The Morgan fingerprint density at radius 3 is 2.80 bits per heavy atom. The van der Waals surface area contributed by atoms with Crippen molar-refractivity contribution in [2.24, 2.45) is 0 Å². The predicted octanol–water partition coefficient (Wildman–Crippen LogP) is 4.10. The Morgan fingerprint density at radius 1 is 1.20 bits per heavy atom. The molecule has 3 unspecified atom stereocenters. The molecule has 1 aromatic carbocycles. The average Bonchev–Trinajstić information content (AvgIpc) is 3.25. The van der Waals surface area contributed by atoms with Crippen LogP contribution in [0.1, 0.15) is 43.8 Å². The van der Waals surface area contributed by atoms with Crippen molar-refractivity contribution in [1.29, 1.82) is 0 Å². The van der Waals surface area contributed by atoms with E-state index in [4.69, 9.17) is 25.8 Å². The highest BCUT2D eigenvalue weighted by Gasteiger charge is 2.39. The number of halogens is 1. The summed E-state index contributed by atoms with van der Waals surface area (Å²) in [5.41, 5.74) is 1.22. The van der Waals surface area contributed by atoms with E-state index in [0.717, 1.165) is 37.5 Å². The second kappa shape index (κ2) is 6.90. The molecular weight excluding hydrogens is 276 g/mol. The summed E-state index contributed by atoms with van der Waals surface area (Å²) in [6.45, 7) is 1.60. The number of epoxide rings is 1. The lowest BCUT2D eigenvalue weighted by molar-refractivity contribution is -0.162. The highest BCUT2D eigenvalue weighted by molar-refractivity contribution is 6.30. The van der Waals surface area contributed by atoms with E-state index in [1.54, 1.807) is 0 Å². The third kappa shape index (κ3) is 3.95. The van der Waals surface area contributed by atoms with Crippen molar-refractivity contribution in [3.05, 3.63) is 34.9 Å². The van der Waals surface area contributed by atoms with Crippen molar-refractivity contribution in [1.82, 2.24) is 0 Å². The van der Waals surface area contributed by atoms with Crippen LogP contribution in [-0.4, -0.2) is 25.6 Å². The van der Waals surface area contributed by atoms with E-state index in [9.17, 15) is 0 Å². The van der Waals surface area contributed by atoms with Gasteiger partial charge in [0.2, 0.25) is 0 Å². The van der Waals surface area contributed by atoms with Crippen LogP contribution in [0.15, 0.2) is 24.3 Å². The molecule has 2 saturated heterocycles. The fourth-order valence-electron chi connectivity index (χ4n) is 2.65. The van der Waals surface area contributed by atoms with Crippen molar-refractivity contribution >= 4 is 11.6 Å². The smallest absolute Gasteiger partial charge is 0.157 e. The van der Waals surface area contributed by atoms with Crippen LogP contribution in [0.4, 0.5) is 0 Å². The van der Waals surface area contributed by atoms with E-state index < -0.39 is 0 Å². The van der Waals surface area contributed by atoms with Crippen molar-refractivity contribution < 1.29 is 14.2 Å². The van der Waals surface area contributed by atoms with E-state index in [1.807, 2.05) is 24.3 Å². The van der Waals surface area contributed by atoms with Gasteiger partial charge in [0.15, 0.2) is 6.29 Å². The number of benzene rings is 1. The first kappa shape index (κ1) is 14.3. The quantitative estimate of drug-likeness (QED) is 0.585. The van der Waals surface area contributed by atoms with Crippen LogP contribution in [0.3, 0.4) is 0 Å². The molecule has 3 rings (SSSR count). The van der Waals surface area contributed by atoms with Gasteiger partial charge in [-0.25, -0.2) is 0 Å². The van der Waals surface area contributed by atoms with E-state index in [2.05, 4.69) is 0 Å². The molecule has 1 aromatic rings. The molecule has 0 saturated carbocycles. The Hall–Kier alpha value is -0.610. The van der Waals surface area contributed by atoms with Crippen molar-refractivity contribution in [3.63, 3.8) is 0 Å². The summed E-state index contributed by atoms with van der Waals surface area (Å²) < 4.78 is 17.0. The van der Waals surface area contributed by atoms with Crippen molar-refractivity contribution in [2.45, 2.75) is 50.6 Å². The molecule has 0 aliphatic carbocycles. The summed E-state index contributed by atoms with van der Waals surface area (Å²) in [5, 5.41) is 0.770. The lowest BCUT2D eigenvalue weighted by atomic mass is 10.1. The van der Waals surface area contributed by atoms with Crippen LogP contribution < -0.4 is 0 Å². The minimum absolute atomic E-state index is 0.0240. The Labute approximate surface area is 125 Å². The van der Waals surface area contributed by atoms with E-state index in [1.165, 1.54) is 18.4 Å². The van der Waals surface area contributed by atoms with Crippen LogP contribution in [0.2, 0.25) is 5.02 Å². The molecule has 2 fully saturated rings. The van der Waals surface area contributed by atoms with Gasteiger partial charge in [-0.1, -0.05) is 23.7 Å². The molecule has 110 valence electrons. The molecule has 0 N–H and O–H groups in total. The number of hydrogen-bond acceptors (Lipinski definition) is 3. The van der Waals surface area contributed by atoms with Gasteiger partial charge in [0.25, 0.3) is 0 Å². The molecule has 20 heavy (non-hydrogen) atoms. The van der Waals surface area contributed by atoms with Crippen molar-refractivity contribution in [3.8, 4) is 0 Å². The zero-order valence-electron chi connectivity index (χ0n) is 11.6. The van der Waals surface area contributed by atoms with Crippen molar-refractivity contribution in [2.75, 3.05) is 13.2 Å². The fourth-order valence-corrected chi connectivity index (χ4v) is 2.78. The zero-order chi connectivity index (χ0) is 13.8. The van der Waals surface area contributed by atoms with E-state index in [-0.39, 0.29) is 12.4 Å². The maximum Gasteiger partial charge on any atom is 0.157 e. The Morgan fingerprint density at radius 2 is 2.05 bits per heavy atom. The molecular formula is C16H21ClO3. The fraction of sp³-hybridized carbons (Fsp3) is 0.625. The molecule has 3 nitrogen and oxygen atoms in total. The summed E-state index contributed by atoms with van der Waals surface area (Å²) in [7, 11) is 0. The van der Waals surface area contributed by atoms with Crippen LogP contribution in [-0.2, 0) is 14.2 Å². The van der Waals surface area contributed by atoms with Gasteiger partial charge in [0, 0.05) is 18.2 Å². The van der Waals surface area contributed by atoms with Gasteiger partial charge < -0.3 is 14.2 Å². The summed E-state index contributed by atoms with van der Waals surface area (Å²) in [4.78, 5) is 0. The average molecular weight is 297 g/mol. The summed E-state index contributed by atoms with van der Waals surface area (Å²) in [6, 6.07) is 7.91. The zero-order valence-corrected chi connectivity index (χ0v) is 12.3. The first-order chi connectivity index (χ1) is 9.83. The number of ether oxygens (including phenoxy) is 3. The van der Waals surface area contributed by atoms with Crippen LogP contribution in [0.5, 0.6) is 0 Å². The third-order valence-corrected chi connectivity index (χ3v) is 4.11. The van der Waals surface area contributed by atoms with Crippen LogP contribution in [0.25, 0.3) is 0 Å². The van der Waals surface area contributed by atoms with E-state index in [0.29, 0.717) is 6.10 Å². The summed E-state index contributed by atoms with van der Waals surface area (Å²) in [5.74, 6) is 0. The number of hydrogen-bond donors (Lipinski definition) is 0. The number of rotatable bonds is 6. The minimum Gasteiger partial charge on any atom is -0.365 e. The topological polar surface area (TPSA) is 31.0 Å². The monoisotopic (exact) mass is 296 g/mol. The Kier molecular flexibility index (Phi) is 4.94. The van der Waals surface area contributed by atoms with Gasteiger partial charge in [-0.05, 0) is 49.8 Å². The largest absolute Gasteiger partial charge is 0.365 e. The van der Waals surface area contributed by atoms with Gasteiger partial charge >= 0.3 is 0 Å². The van der Waals surface area contributed by atoms with Gasteiger partial charge in [-0.2, -0.15) is 0 Å². The molecule has 0 radical (unpaired) electrons. The standard InChI is InChI=1S/C16H21ClO3/c17-13-8-6-12(7-9-13)16-14(20-16)4-3-11-19-15-5-1-2-10-18-15/h6-9,14-16H,1-5,10-11H2. The molecule has 4 heteroatoms. The molecule has 2 aliphatic heterocycles. The molecule has 0 amide bonds. The Balaban J connectivity index is 1.31.